The fraction of sp³-hybridized carbons (Fsp3) is 0.381. The van der Waals surface area contributed by atoms with Gasteiger partial charge in [-0.1, -0.05) is 6.07 Å². The second-order valence-corrected chi connectivity index (χ2v) is 6.87. The molecule has 160 valence electrons. The highest BCUT2D eigenvalue weighted by Gasteiger charge is 2.29. The number of nitrogens with one attached hydrogen (secondary N) is 1. The first-order chi connectivity index (χ1) is 14.4. The lowest BCUT2D eigenvalue weighted by molar-refractivity contribution is -0.147. The van der Waals surface area contributed by atoms with Gasteiger partial charge in [-0.2, -0.15) is 0 Å². The molecule has 30 heavy (non-hydrogen) atoms. The van der Waals surface area contributed by atoms with Crippen LogP contribution in [0.15, 0.2) is 41.0 Å². The van der Waals surface area contributed by atoms with Crippen molar-refractivity contribution in [3.05, 3.63) is 47.9 Å². The first kappa shape index (κ1) is 21.2. The van der Waals surface area contributed by atoms with Crippen LogP contribution in [0.3, 0.4) is 0 Å². The lowest BCUT2D eigenvalue weighted by atomic mass is 10.1. The van der Waals surface area contributed by atoms with Crippen molar-refractivity contribution in [2.75, 3.05) is 40.4 Å². The molecule has 1 N–H and O–H groups in total. The van der Waals surface area contributed by atoms with Crippen LogP contribution in [0, 0.1) is 0 Å². The first-order valence-electron chi connectivity index (χ1n) is 9.59. The zero-order chi connectivity index (χ0) is 21.7. The fourth-order valence-electron chi connectivity index (χ4n) is 3.28. The minimum Gasteiger partial charge on any atom is -0.493 e. The van der Waals surface area contributed by atoms with Gasteiger partial charge in [0.05, 0.1) is 26.5 Å². The lowest BCUT2D eigenvalue weighted by Gasteiger charge is -2.34. The van der Waals surface area contributed by atoms with Crippen molar-refractivity contribution in [2.24, 2.45) is 0 Å². The Kier molecular flexibility index (Phi) is 6.61. The molecule has 0 saturated carbocycles. The summed E-state index contributed by atoms with van der Waals surface area (Å²) in [5.41, 5.74) is 0.780. The average Bonchev–Trinajstić information content (AvgIpc) is 3.32. The summed E-state index contributed by atoms with van der Waals surface area (Å²) in [6.45, 7) is 3.02. The number of ether oxygens (including phenoxy) is 2. The van der Waals surface area contributed by atoms with Gasteiger partial charge in [0.15, 0.2) is 17.3 Å². The number of hydrogen-bond acceptors (Lipinski definition) is 6. The fourth-order valence-corrected chi connectivity index (χ4v) is 3.28. The summed E-state index contributed by atoms with van der Waals surface area (Å²) in [5.74, 6) is -0.150. The topological polar surface area (TPSA) is 101 Å². The summed E-state index contributed by atoms with van der Waals surface area (Å²) in [5, 5.41) is 2.72. The van der Waals surface area contributed by atoms with Gasteiger partial charge in [0.2, 0.25) is 0 Å². The van der Waals surface area contributed by atoms with Crippen LogP contribution >= 0.6 is 0 Å². The minimum absolute atomic E-state index is 0.223. The molecule has 2 aromatic rings. The van der Waals surface area contributed by atoms with Gasteiger partial charge in [-0.3, -0.25) is 14.4 Å². The number of benzene rings is 1. The van der Waals surface area contributed by atoms with E-state index < -0.39 is 17.9 Å². The molecule has 0 aliphatic carbocycles. The van der Waals surface area contributed by atoms with Crippen LogP contribution in [-0.2, 0) is 9.59 Å². The second-order valence-electron chi connectivity index (χ2n) is 6.87. The van der Waals surface area contributed by atoms with Crippen LogP contribution in [0.1, 0.15) is 29.1 Å². The standard InChI is InChI=1S/C21H25N3O6/c1-14(15-6-7-16(28-2)18(13-15)29-3)22-19(25)21(27)24-10-8-23(9-11-24)20(26)17-5-4-12-30-17/h4-7,12-14H,8-11H2,1-3H3,(H,22,25). The number of furan rings is 1. The summed E-state index contributed by atoms with van der Waals surface area (Å²) in [6.07, 6.45) is 1.44. The Balaban J connectivity index is 1.55. The van der Waals surface area contributed by atoms with Gasteiger partial charge >= 0.3 is 11.8 Å². The van der Waals surface area contributed by atoms with Crippen molar-refractivity contribution in [2.45, 2.75) is 13.0 Å². The normalized spacial score (nSPS) is 14.8. The molecular formula is C21H25N3O6. The smallest absolute Gasteiger partial charge is 0.312 e. The number of methoxy groups -OCH3 is 2. The molecule has 2 heterocycles. The highest BCUT2D eigenvalue weighted by atomic mass is 16.5. The summed E-state index contributed by atoms with van der Waals surface area (Å²) in [6, 6.07) is 8.15. The summed E-state index contributed by atoms with van der Waals surface area (Å²) >= 11 is 0. The first-order valence-corrected chi connectivity index (χ1v) is 9.59. The summed E-state index contributed by atoms with van der Waals surface area (Å²) < 4.78 is 15.6. The number of piperazine rings is 1. The van der Waals surface area contributed by atoms with E-state index in [9.17, 15) is 14.4 Å². The van der Waals surface area contributed by atoms with Crippen molar-refractivity contribution in [1.82, 2.24) is 15.1 Å². The Bertz CT molecular complexity index is 903. The molecule has 3 amide bonds. The lowest BCUT2D eigenvalue weighted by Crippen LogP contribution is -2.54. The maximum atomic E-state index is 12.5. The Morgan fingerprint density at radius 1 is 1.00 bits per heavy atom. The van der Waals surface area contributed by atoms with Gasteiger partial charge in [-0.25, -0.2) is 0 Å². The molecule has 9 heteroatoms. The number of hydrogen-bond donors (Lipinski definition) is 1. The van der Waals surface area contributed by atoms with E-state index in [-0.39, 0.29) is 24.8 Å². The molecule has 1 aromatic heterocycles. The molecule has 1 saturated heterocycles. The molecule has 1 unspecified atom stereocenters. The van der Waals surface area contributed by atoms with Crippen LogP contribution < -0.4 is 14.8 Å². The van der Waals surface area contributed by atoms with Crippen LogP contribution in [0.4, 0.5) is 0 Å². The molecule has 0 spiro atoms. The minimum atomic E-state index is -0.692. The van der Waals surface area contributed by atoms with E-state index in [4.69, 9.17) is 13.9 Å². The Morgan fingerprint density at radius 2 is 1.67 bits per heavy atom. The van der Waals surface area contributed by atoms with Gasteiger partial charge < -0.3 is 29.0 Å². The molecule has 1 atom stereocenters. The number of nitrogens with zero attached hydrogens (tertiary/aromatic N) is 2. The number of carbonyl (C=O) groups excluding carboxylic acids is 3. The Labute approximate surface area is 174 Å². The third-order valence-electron chi connectivity index (χ3n) is 5.04. The molecule has 1 aliphatic heterocycles. The zero-order valence-electron chi connectivity index (χ0n) is 17.2. The van der Waals surface area contributed by atoms with Gasteiger partial charge in [0.25, 0.3) is 5.91 Å². The van der Waals surface area contributed by atoms with E-state index >= 15 is 0 Å². The zero-order valence-corrected chi connectivity index (χ0v) is 17.2. The highest BCUT2D eigenvalue weighted by Crippen LogP contribution is 2.29. The van der Waals surface area contributed by atoms with Crippen LogP contribution in [-0.4, -0.2) is 67.9 Å². The average molecular weight is 415 g/mol. The third-order valence-corrected chi connectivity index (χ3v) is 5.04. The van der Waals surface area contributed by atoms with Crippen molar-refractivity contribution in [3.63, 3.8) is 0 Å². The number of amides is 3. The van der Waals surface area contributed by atoms with E-state index in [1.54, 1.807) is 49.3 Å². The van der Waals surface area contributed by atoms with Gasteiger partial charge in [0.1, 0.15) is 0 Å². The molecule has 1 fully saturated rings. The van der Waals surface area contributed by atoms with Gasteiger partial charge in [0, 0.05) is 26.2 Å². The SMILES string of the molecule is COc1ccc(C(C)NC(=O)C(=O)N2CCN(C(=O)c3ccco3)CC2)cc1OC. The predicted molar refractivity (Wildman–Crippen MR) is 107 cm³/mol. The third kappa shape index (κ3) is 4.56. The molecule has 1 aliphatic rings. The quantitative estimate of drug-likeness (QED) is 0.742. The molecular weight excluding hydrogens is 390 g/mol. The Morgan fingerprint density at radius 3 is 2.27 bits per heavy atom. The number of rotatable bonds is 5. The molecule has 9 nitrogen and oxygen atoms in total. The predicted octanol–water partition coefficient (Wildman–Crippen LogP) is 1.46. The van der Waals surface area contributed by atoms with Crippen LogP contribution in [0.2, 0.25) is 0 Å². The largest absolute Gasteiger partial charge is 0.493 e. The molecule has 1 aromatic carbocycles. The maximum Gasteiger partial charge on any atom is 0.312 e. The number of carbonyl (C=O) groups is 3. The molecule has 3 rings (SSSR count). The van der Waals surface area contributed by atoms with E-state index in [2.05, 4.69) is 5.32 Å². The molecule has 0 radical (unpaired) electrons. The van der Waals surface area contributed by atoms with E-state index in [0.717, 1.165) is 5.56 Å². The monoisotopic (exact) mass is 415 g/mol. The van der Waals surface area contributed by atoms with Crippen molar-refractivity contribution in [1.29, 1.82) is 0 Å². The van der Waals surface area contributed by atoms with Crippen molar-refractivity contribution in [3.8, 4) is 11.5 Å². The van der Waals surface area contributed by atoms with Crippen LogP contribution in [0.5, 0.6) is 11.5 Å². The second kappa shape index (κ2) is 9.34. The van der Waals surface area contributed by atoms with Crippen molar-refractivity contribution >= 4 is 17.7 Å². The van der Waals surface area contributed by atoms with Crippen LogP contribution in [0.25, 0.3) is 0 Å². The van der Waals surface area contributed by atoms with Gasteiger partial charge in [-0.15, -0.1) is 0 Å². The van der Waals surface area contributed by atoms with Gasteiger partial charge in [-0.05, 0) is 36.8 Å². The summed E-state index contributed by atoms with van der Waals surface area (Å²) in [4.78, 5) is 40.3. The summed E-state index contributed by atoms with van der Waals surface area (Å²) in [7, 11) is 3.08. The highest BCUT2D eigenvalue weighted by molar-refractivity contribution is 6.35. The van der Waals surface area contributed by atoms with E-state index in [1.165, 1.54) is 18.3 Å². The van der Waals surface area contributed by atoms with E-state index in [1.807, 2.05) is 0 Å². The maximum absolute atomic E-state index is 12.5. The Hall–Kier alpha value is -3.49. The molecule has 0 bridgehead atoms. The van der Waals surface area contributed by atoms with Crippen molar-refractivity contribution < 1.29 is 28.3 Å². The van der Waals surface area contributed by atoms with E-state index in [0.29, 0.717) is 24.6 Å².